The summed E-state index contributed by atoms with van der Waals surface area (Å²) in [5, 5.41) is 0.846. The second-order valence-electron chi connectivity index (χ2n) is 8.80. The fourth-order valence-electron chi connectivity index (χ4n) is 4.52. The molecular formula is C27H32N2OS. The molecule has 1 heterocycles. The standard InChI is InChI=1S/C27H32N2OS/c1-4-6-12-17-31-26-28-24-22-16-11-10-15-21(22)18-27(3,5-2)23(24)25(30)29(26)19-20-13-8-7-9-14-20/h7-11,13-16H,4-6,12,17-19H2,1-3H3. The van der Waals surface area contributed by atoms with Crippen molar-refractivity contribution in [1.82, 2.24) is 9.55 Å². The van der Waals surface area contributed by atoms with Crippen LogP contribution in [0.5, 0.6) is 0 Å². The Bertz CT molecular complexity index is 1110. The molecule has 1 aromatic heterocycles. The summed E-state index contributed by atoms with van der Waals surface area (Å²) in [6.07, 6.45) is 5.34. The minimum Gasteiger partial charge on any atom is -0.283 e. The number of hydrogen-bond acceptors (Lipinski definition) is 3. The third-order valence-electron chi connectivity index (χ3n) is 6.53. The van der Waals surface area contributed by atoms with Crippen molar-refractivity contribution in [1.29, 1.82) is 0 Å². The third-order valence-corrected chi connectivity index (χ3v) is 7.60. The number of fused-ring (bicyclic) bond motifs is 3. The second kappa shape index (κ2) is 9.44. The van der Waals surface area contributed by atoms with Crippen LogP contribution in [0.2, 0.25) is 0 Å². The van der Waals surface area contributed by atoms with Crippen molar-refractivity contribution < 1.29 is 0 Å². The maximum atomic E-state index is 14.0. The van der Waals surface area contributed by atoms with Gasteiger partial charge in [0, 0.05) is 16.7 Å². The van der Waals surface area contributed by atoms with Gasteiger partial charge < -0.3 is 0 Å². The van der Waals surface area contributed by atoms with E-state index >= 15 is 0 Å². The highest BCUT2D eigenvalue weighted by Crippen LogP contribution is 2.43. The summed E-state index contributed by atoms with van der Waals surface area (Å²) < 4.78 is 1.92. The molecule has 1 unspecified atom stereocenters. The number of benzene rings is 2. The largest absolute Gasteiger partial charge is 0.283 e. The molecule has 0 radical (unpaired) electrons. The molecule has 1 aliphatic rings. The first-order valence-electron chi connectivity index (χ1n) is 11.5. The molecule has 0 N–H and O–H groups in total. The van der Waals surface area contributed by atoms with E-state index in [1.54, 1.807) is 11.8 Å². The van der Waals surface area contributed by atoms with Crippen molar-refractivity contribution in [3.8, 4) is 11.3 Å². The zero-order valence-corrected chi connectivity index (χ0v) is 19.7. The molecule has 2 aromatic carbocycles. The van der Waals surface area contributed by atoms with Crippen LogP contribution in [0.4, 0.5) is 0 Å². The van der Waals surface area contributed by atoms with Crippen molar-refractivity contribution >= 4 is 11.8 Å². The van der Waals surface area contributed by atoms with Crippen molar-refractivity contribution in [3.63, 3.8) is 0 Å². The summed E-state index contributed by atoms with van der Waals surface area (Å²) in [4.78, 5) is 19.2. The van der Waals surface area contributed by atoms with Crippen LogP contribution in [0.3, 0.4) is 0 Å². The van der Waals surface area contributed by atoms with Gasteiger partial charge in [-0.3, -0.25) is 9.36 Å². The average molecular weight is 433 g/mol. The predicted molar refractivity (Wildman–Crippen MR) is 131 cm³/mol. The quantitative estimate of drug-likeness (QED) is 0.233. The molecule has 4 rings (SSSR count). The fraction of sp³-hybridized carbons (Fsp3) is 0.407. The molecule has 3 nitrogen and oxygen atoms in total. The SMILES string of the molecule is CCCCCSc1nc2c(c(=O)n1Cc1ccccc1)C(C)(CC)Cc1ccccc1-2. The van der Waals surface area contributed by atoms with Crippen molar-refractivity contribution in [2.45, 2.75) is 70.0 Å². The van der Waals surface area contributed by atoms with E-state index in [0.717, 1.165) is 52.6 Å². The first-order valence-corrected chi connectivity index (χ1v) is 12.5. The van der Waals surface area contributed by atoms with Gasteiger partial charge >= 0.3 is 0 Å². The van der Waals surface area contributed by atoms with Gasteiger partial charge in [0.05, 0.1) is 17.8 Å². The number of hydrogen-bond donors (Lipinski definition) is 0. The Hall–Kier alpha value is -2.33. The van der Waals surface area contributed by atoms with E-state index in [1.807, 2.05) is 22.8 Å². The molecule has 0 amide bonds. The van der Waals surface area contributed by atoms with E-state index in [-0.39, 0.29) is 11.0 Å². The molecule has 4 heteroatoms. The molecule has 0 fully saturated rings. The highest BCUT2D eigenvalue weighted by Gasteiger charge is 2.38. The highest BCUT2D eigenvalue weighted by molar-refractivity contribution is 7.99. The summed E-state index contributed by atoms with van der Waals surface area (Å²) in [6, 6.07) is 18.7. The Morgan fingerprint density at radius 1 is 1.03 bits per heavy atom. The smallest absolute Gasteiger partial charge is 0.258 e. The van der Waals surface area contributed by atoms with Gasteiger partial charge in [0.1, 0.15) is 0 Å². The Morgan fingerprint density at radius 3 is 2.52 bits per heavy atom. The maximum Gasteiger partial charge on any atom is 0.258 e. The zero-order valence-electron chi connectivity index (χ0n) is 18.9. The number of thioether (sulfide) groups is 1. The van der Waals surface area contributed by atoms with Crippen LogP contribution in [0.15, 0.2) is 64.5 Å². The van der Waals surface area contributed by atoms with Gasteiger partial charge in [-0.25, -0.2) is 4.98 Å². The molecule has 0 saturated carbocycles. The molecule has 31 heavy (non-hydrogen) atoms. The Morgan fingerprint density at radius 2 is 1.77 bits per heavy atom. The van der Waals surface area contributed by atoms with E-state index in [0.29, 0.717) is 6.54 Å². The van der Waals surface area contributed by atoms with Crippen molar-refractivity contribution in [2.75, 3.05) is 5.75 Å². The molecule has 0 saturated heterocycles. The predicted octanol–water partition coefficient (Wildman–Crippen LogP) is 6.46. The van der Waals surface area contributed by atoms with Gasteiger partial charge in [-0.05, 0) is 30.4 Å². The molecule has 0 bridgehead atoms. The zero-order chi connectivity index (χ0) is 21.8. The minimum absolute atomic E-state index is 0.130. The number of nitrogens with zero attached hydrogens (tertiary/aromatic N) is 2. The van der Waals surface area contributed by atoms with Gasteiger partial charge in [0.25, 0.3) is 5.56 Å². The summed E-state index contributed by atoms with van der Waals surface area (Å²) in [5.74, 6) is 0.987. The van der Waals surface area contributed by atoms with Crippen LogP contribution in [0, 0.1) is 0 Å². The maximum absolute atomic E-state index is 14.0. The van der Waals surface area contributed by atoms with Gasteiger partial charge in [-0.2, -0.15) is 0 Å². The van der Waals surface area contributed by atoms with Gasteiger partial charge in [0.15, 0.2) is 5.16 Å². The van der Waals surface area contributed by atoms with Crippen LogP contribution in [-0.2, 0) is 18.4 Å². The lowest BCUT2D eigenvalue weighted by molar-refractivity contribution is 0.430. The Balaban J connectivity index is 1.88. The molecule has 1 aliphatic carbocycles. The minimum atomic E-state index is -0.197. The van der Waals surface area contributed by atoms with Crippen LogP contribution in [0.25, 0.3) is 11.3 Å². The lowest BCUT2D eigenvalue weighted by atomic mass is 9.69. The molecular weight excluding hydrogens is 400 g/mol. The Labute approximate surface area is 189 Å². The van der Waals surface area contributed by atoms with Gasteiger partial charge in [-0.1, -0.05) is 100.0 Å². The fourth-order valence-corrected chi connectivity index (χ4v) is 5.51. The van der Waals surface area contributed by atoms with Crippen molar-refractivity contribution in [3.05, 3.63) is 81.6 Å². The van der Waals surface area contributed by atoms with E-state index in [4.69, 9.17) is 4.98 Å². The summed E-state index contributed by atoms with van der Waals surface area (Å²) >= 11 is 1.73. The van der Waals surface area contributed by atoms with Crippen LogP contribution >= 0.6 is 11.8 Å². The molecule has 0 aliphatic heterocycles. The van der Waals surface area contributed by atoms with Gasteiger partial charge in [-0.15, -0.1) is 0 Å². The molecule has 1 atom stereocenters. The molecule has 0 spiro atoms. The monoisotopic (exact) mass is 432 g/mol. The first-order chi connectivity index (χ1) is 15.1. The van der Waals surface area contributed by atoms with Crippen molar-refractivity contribution in [2.24, 2.45) is 0 Å². The molecule has 162 valence electrons. The highest BCUT2D eigenvalue weighted by atomic mass is 32.2. The van der Waals surface area contributed by atoms with E-state index in [1.165, 1.54) is 18.4 Å². The molecule has 3 aromatic rings. The topological polar surface area (TPSA) is 34.9 Å². The number of aromatic nitrogens is 2. The number of unbranched alkanes of at least 4 members (excludes halogenated alkanes) is 2. The summed E-state index contributed by atoms with van der Waals surface area (Å²) in [5.41, 5.74) is 5.29. The third kappa shape index (κ3) is 4.36. The average Bonchev–Trinajstić information content (AvgIpc) is 2.79. The number of rotatable bonds is 8. The first kappa shape index (κ1) is 21.9. The lowest BCUT2D eigenvalue weighted by Crippen LogP contribution is -2.40. The van der Waals surface area contributed by atoms with E-state index < -0.39 is 0 Å². The second-order valence-corrected chi connectivity index (χ2v) is 9.86. The van der Waals surface area contributed by atoms with Crippen LogP contribution in [0.1, 0.15) is 63.1 Å². The Kier molecular flexibility index (Phi) is 6.66. The summed E-state index contributed by atoms with van der Waals surface area (Å²) in [6.45, 7) is 7.20. The normalized spacial score (nSPS) is 17.3. The lowest BCUT2D eigenvalue weighted by Gasteiger charge is -2.36. The van der Waals surface area contributed by atoms with Gasteiger partial charge in [0.2, 0.25) is 0 Å². The summed E-state index contributed by atoms with van der Waals surface area (Å²) in [7, 11) is 0. The van der Waals surface area contributed by atoms with Crippen LogP contribution < -0.4 is 5.56 Å². The van der Waals surface area contributed by atoms with E-state index in [9.17, 15) is 4.79 Å². The van der Waals surface area contributed by atoms with Crippen LogP contribution in [-0.4, -0.2) is 15.3 Å². The van der Waals surface area contributed by atoms with E-state index in [2.05, 4.69) is 57.2 Å².